The lowest BCUT2D eigenvalue weighted by atomic mass is 9.99. The molecule has 0 saturated heterocycles. The van der Waals surface area contributed by atoms with E-state index < -0.39 is 12.0 Å². The Bertz CT molecular complexity index is 638. The highest BCUT2D eigenvalue weighted by Gasteiger charge is 2.25. The normalized spacial score (nSPS) is 13.9. The number of aliphatic carboxylic acids is 1. The van der Waals surface area contributed by atoms with Crippen molar-refractivity contribution in [2.24, 2.45) is 5.92 Å². The second kappa shape index (κ2) is 6.00. The predicted octanol–water partition coefficient (Wildman–Crippen LogP) is 2.53. The number of carboxylic acids is 1. The van der Waals surface area contributed by atoms with Gasteiger partial charge in [-0.05, 0) is 24.1 Å². The minimum atomic E-state index is -1.01. The smallest absolute Gasteiger partial charge is 0.326 e. The summed E-state index contributed by atoms with van der Waals surface area (Å²) in [6.45, 7) is 3.71. The average Bonchev–Trinajstić information content (AvgIpc) is 2.90. The molecular formula is C14H16N2O3S. The molecule has 2 aromatic rings. The lowest BCUT2D eigenvalue weighted by Crippen LogP contribution is -2.45. The van der Waals surface area contributed by atoms with Gasteiger partial charge in [-0.15, -0.1) is 11.3 Å². The molecule has 106 valence electrons. The highest BCUT2D eigenvalue weighted by atomic mass is 32.1. The quantitative estimate of drug-likeness (QED) is 0.887. The van der Waals surface area contributed by atoms with Crippen LogP contribution < -0.4 is 5.32 Å². The molecule has 2 atom stereocenters. The van der Waals surface area contributed by atoms with Crippen LogP contribution >= 0.6 is 11.3 Å². The molecule has 1 heterocycles. The molecule has 6 heteroatoms. The van der Waals surface area contributed by atoms with Crippen molar-refractivity contribution in [1.29, 1.82) is 0 Å². The highest BCUT2D eigenvalue weighted by molar-refractivity contribution is 7.16. The number of carbonyl (C=O) groups excluding carboxylic acids is 1. The molecule has 0 radical (unpaired) electrons. The topological polar surface area (TPSA) is 79.3 Å². The number of hydrogen-bond acceptors (Lipinski definition) is 4. The molecule has 1 aromatic carbocycles. The maximum Gasteiger partial charge on any atom is 0.326 e. The fourth-order valence-corrected chi connectivity index (χ4v) is 2.62. The van der Waals surface area contributed by atoms with Crippen molar-refractivity contribution in [2.75, 3.05) is 0 Å². The van der Waals surface area contributed by atoms with Crippen LogP contribution in [0.25, 0.3) is 10.2 Å². The molecule has 2 rings (SSSR count). The first-order valence-electron chi connectivity index (χ1n) is 6.39. The molecule has 20 heavy (non-hydrogen) atoms. The Balaban J connectivity index is 2.19. The van der Waals surface area contributed by atoms with Crippen LogP contribution in [0.15, 0.2) is 23.7 Å². The minimum Gasteiger partial charge on any atom is -0.480 e. The van der Waals surface area contributed by atoms with E-state index in [1.165, 1.54) is 11.3 Å². The highest BCUT2D eigenvalue weighted by Crippen LogP contribution is 2.19. The third kappa shape index (κ3) is 2.96. The van der Waals surface area contributed by atoms with E-state index in [0.717, 1.165) is 10.2 Å². The molecule has 2 N–H and O–H groups in total. The number of thiazole rings is 1. The third-order valence-electron chi connectivity index (χ3n) is 3.36. The zero-order valence-electron chi connectivity index (χ0n) is 11.3. The van der Waals surface area contributed by atoms with Crippen LogP contribution in [0.4, 0.5) is 0 Å². The van der Waals surface area contributed by atoms with Gasteiger partial charge in [-0.1, -0.05) is 20.3 Å². The van der Waals surface area contributed by atoms with Crippen molar-refractivity contribution in [1.82, 2.24) is 10.3 Å². The van der Waals surface area contributed by atoms with E-state index in [0.29, 0.717) is 12.0 Å². The molecule has 0 aliphatic carbocycles. The number of benzene rings is 1. The SMILES string of the molecule is CC[C@H](C)[C@H](NC(=O)c1ccc2ncsc2c1)C(=O)O. The van der Waals surface area contributed by atoms with Crippen LogP contribution in [0.5, 0.6) is 0 Å². The van der Waals surface area contributed by atoms with Gasteiger partial charge in [0.25, 0.3) is 5.91 Å². The molecular weight excluding hydrogens is 276 g/mol. The summed E-state index contributed by atoms with van der Waals surface area (Å²) in [7, 11) is 0. The van der Waals surface area contributed by atoms with E-state index >= 15 is 0 Å². The Morgan fingerprint density at radius 3 is 2.85 bits per heavy atom. The van der Waals surface area contributed by atoms with Crippen LogP contribution in [0.2, 0.25) is 0 Å². The number of carbonyl (C=O) groups is 2. The van der Waals surface area contributed by atoms with Crippen LogP contribution in [-0.2, 0) is 4.79 Å². The summed E-state index contributed by atoms with van der Waals surface area (Å²) in [5.74, 6) is -1.50. The summed E-state index contributed by atoms with van der Waals surface area (Å²) in [5, 5.41) is 11.8. The van der Waals surface area contributed by atoms with Crippen molar-refractivity contribution in [3.8, 4) is 0 Å². The van der Waals surface area contributed by atoms with Gasteiger partial charge in [0.1, 0.15) is 6.04 Å². The van der Waals surface area contributed by atoms with Gasteiger partial charge >= 0.3 is 5.97 Å². The van der Waals surface area contributed by atoms with E-state index in [-0.39, 0.29) is 11.8 Å². The fourth-order valence-electron chi connectivity index (χ4n) is 1.90. The molecule has 5 nitrogen and oxygen atoms in total. The van der Waals surface area contributed by atoms with Crippen molar-refractivity contribution in [3.63, 3.8) is 0 Å². The van der Waals surface area contributed by atoms with Gasteiger partial charge in [-0.3, -0.25) is 4.79 Å². The van der Waals surface area contributed by atoms with Crippen molar-refractivity contribution in [3.05, 3.63) is 29.3 Å². The lowest BCUT2D eigenvalue weighted by Gasteiger charge is -2.20. The predicted molar refractivity (Wildman–Crippen MR) is 78.0 cm³/mol. The van der Waals surface area contributed by atoms with E-state index in [1.807, 2.05) is 13.8 Å². The number of rotatable bonds is 5. The molecule has 1 amide bonds. The molecule has 0 fully saturated rings. The van der Waals surface area contributed by atoms with E-state index in [4.69, 9.17) is 0 Å². The van der Waals surface area contributed by atoms with Crippen LogP contribution in [-0.4, -0.2) is 28.0 Å². The maximum atomic E-state index is 12.2. The largest absolute Gasteiger partial charge is 0.480 e. The second-order valence-electron chi connectivity index (χ2n) is 4.71. The number of carboxylic acid groups (broad SMARTS) is 1. The summed E-state index contributed by atoms with van der Waals surface area (Å²) < 4.78 is 0.910. The molecule has 0 aliphatic rings. The first-order chi connectivity index (χ1) is 9.52. The summed E-state index contributed by atoms with van der Waals surface area (Å²) in [6.07, 6.45) is 0.686. The molecule has 0 unspecified atom stereocenters. The van der Waals surface area contributed by atoms with Crippen LogP contribution in [0, 0.1) is 5.92 Å². The zero-order valence-corrected chi connectivity index (χ0v) is 12.1. The first-order valence-corrected chi connectivity index (χ1v) is 7.27. The van der Waals surface area contributed by atoms with E-state index in [1.54, 1.807) is 23.7 Å². The molecule has 0 saturated carbocycles. The number of nitrogens with one attached hydrogen (secondary N) is 1. The fraction of sp³-hybridized carbons (Fsp3) is 0.357. The third-order valence-corrected chi connectivity index (χ3v) is 4.15. The minimum absolute atomic E-state index is 0.122. The van der Waals surface area contributed by atoms with Gasteiger partial charge in [0.2, 0.25) is 0 Å². The standard InChI is InChI=1S/C14H16N2O3S/c1-3-8(2)12(14(18)19)16-13(17)9-4-5-10-11(6-9)20-7-15-10/h4-8,12H,3H2,1-2H3,(H,16,17)(H,18,19)/t8-,12-/m0/s1. The Morgan fingerprint density at radius 1 is 1.45 bits per heavy atom. The van der Waals surface area contributed by atoms with Gasteiger partial charge in [0, 0.05) is 5.56 Å². The van der Waals surface area contributed by atoms with Gasteiger partial charge in [0.15, 0.2) is 0 Å². The molecule has 0 spiro atoms. The second-order valence-corrected chi connectivity index (χ2v) is 5.60. The maximum absolute atomic E-state index is 12.2. The lowest BCUT2D eigenvalue weighted by molar-refractivity contribution is -0.140. The Hall–Kier alpha value is -1.95. The Kier molecular flexibility index (Phi) is 4.34. The van der Waals surface area contributed by atoms with Gasteiger partial charge in [-0.2, -0.15) is 0 Å². The average molecular weight is 292 g/mol. The zero-order chi connectivity index (χ0) is 14.7. The summed E-state index contributed by atoms with van der Waals surface area (Å²) in [4.78, 5) is 27.5. The van der Waals surface area contributed by atoms with Gasteiger partial charge < -0.3 is 10.4 Å². The Morgan fingerprint density at radius 2 is 2.20 bits per heavy atom. The summed E-state index contributed by atoms with van der Waals surface area (Å²) >= 11 is 1.45. The number of fused-ring (bicyclic) bond motifs is 1. The molecule has 1 aromatic heterocycles. The van der Waals surface area contributed by atoms with Crippen molar-refractivity contribution in [2.45, 2.75) is 26.3 Å². The van der Waals surface area contributed by atoms with Crippen molar-refractivity contribution >= 4 is 33.4 Å². The monoisotopic (exact) mass is 292 g/mol. The van der Waals surface area contributed by atoms with Crippen molar-refractivity contribution < 1.29 is 14.7 Å². The van der Waals surface area contributed by atoms with Crippen LogP contribution in [0.1, 0.15) is 30.6 Å². The molecule has 0 bridgehead atoms. The number of aromatic nitrogens is 1. The van der Waals surface area contributed by atoms with E-state index in [9.17, 15) is 14.7 Å². The first kappa shape index (κ1) is 14.5. The summed E-state index contributed by atoms with van der Waals surface area (Å²) in [5.41, 5.74) is 3.01. The number of amides is 1. The number of nitrogens with zero attached hydrogens (tertiary/aromatic N) is 1. The molecule has 0 aliphatic heterocycles. The van der Waals surface area contributed by atoms with Gasteiger partial charge in [0.05, 0.1) is 15.7 Å². The van der Waals surface area contributed by atoms with Crippen LogP contribution in [0.3, 0.4) is 0 Å². The van der Waals surface area contributed by atoms with E-state index in [2.05, 4.69) is 10.3 Å². The van der Waals surface area contributed by atoms with Gasteiger partial charge in [-0.25, -0.2) is 9.78 Å². The summed E-state index contributed by atoms with van der Waals surface area (Å²) in [6, 6.07) is 4.29. The number of hydrogen-bond donors (Lipinski definition) is 2. The Labute approximate surface area is 120 Å².